The van der Waals surface area contributed by atoms with Crippen molar-refractivity contribution in [1.29, 1.82) is 0 Å². The second-order valence-electron chi connectivity index (χ2n) is 6.71. The molecular weight excluding hydrogens is 382 g/mol. The van der Waals surface area contributed by atoms with Gasteiger partial charge in [-0.1, -0.05) is 28.1 Å². The topological polar surface area (TPSA) is 82.8 Å². The van der Waals surface area contributed by atoms with Crippen molar-refractivity contribution < 1.29 is 4.79 Å². The zero-order valence-corrected chi connectivity index (χ0v) is 16.1. The first-order chi connectivity index (χ1) is 12.1. The van der Waals surface area contributed by atoms with Gasteiger partial charge in [-0.3, -0.25) is 4.99 Å². The molecule has 1 aromatic carbocycles. The average molecular weight is 408 g/mol. The molecule has 0 aromatic heterocycles. The predicted octanol–water partition coefficient (Wildman–Crippen LogP) is 2.40. The molecule has 7 heteroatoms. The largest absolute Gasteiger partial charge is 0.354 e. The minimum absolute atomic E-state index is 0.325. The maximum absolute atomic E-state index is 11.2. The number of amides is 2. The quantitative estimate of drug-likeness (QED) is 0.529. The molecule has 0 radical (unpaired) electrons. The Morgan fingerprint density at radius 3 is 2.56 bits per heavy atom. The number of guanidine groups is 1. The number of hydrogen-bond donors (Lipinski definition) is 3. The summed E-state index contributed by atoms with van der Waals surface area (Å²) in [5.74, 6) is 1.43. The molecule has 25 heavy (non-hydrogen) atoms. The highest BCUT2D eigenvalue weighted by atomic mass is 79.9. The summed E-state index contributed by atoms with van der Waals surface area (Å²) in [6.45, 7) is 4.19. The lowest BCUT2D eigenvalue weighted by Gasteiger charge is -2.32. The van der Waals surface area contributed by atoms with Gasteiger partial charge in [0.25, 0.3) is 0 Å². The number of urea groups is 1. The number of carbonyl (C=O) groups excluding carboxylic acids is 1. The Morgan fingerprint density at radius 1 is 1.28 bits per heavy atom. The standard InChI is InChI=1S/C18H26BrN5O/c1-2-21-18(22-14-7-9-24(10-8-14)17(20)25)23-16-11-15(16)12-3-5-13(19)6-4-12/h3-6,14-16H,2,7-11H2,1H3,(H2,20,25)(H2,21,22,23). The Bertz CT molecular complexity index is 625. The highest BCUT2D eigenvalue weighted by Crippen LogP contribution is 2.41. The summed E-state index contributed by atoms with van der Waals surface area (Å²) in [6.07, 6.45) is 2.93. The molecule has 3 rings (SSSR count). The molecule has 1 aromatic rings. The number of nitrogens with zero attached hydrogens (tertiary/aromatic N) is 2. The molecule has 2 aliphatic rings. The number of primary amides is 1. The number of likely N-dealkylation sites (tertiary alicyclic amines) is 1. The number of benzene rings is 1. The highest BCUT2D eigenvalue weighted by Gasteiger charge is 2.39. The molecule has 4 N–H and O–H groups in total. The number of piperidine rings is 1. The molecule has 6 nitrogen and oxygen atoms in total. The lowest BCUT2D eigenvalue weighted by molar-refractivity contribution is 0.188. The Labute approximate surface area is 157 Å². The van der Waals surface area contributed by atoms with E-state index in [9.17, 15) is 4.79 Å². The van der Waals surface area contributed by atoms with Gasteiger partial charge in [0.05, 0.1) is 0 Å². The Balaban J connectivity index is 1.50. The summed E-state index contributed by atoms with van der Waals surface area (Å²) in [5.41, 5.74) is 6.71. The van der Waals surface area contributed by atoms with Crippen LogP contribution in [0.15, 0.2) is 33.7 Å². The molecule has 1 saturated carbocycles. The molecule has 1 aliphatic heterocycles. The number of nitrogens with one attached hydrogen (secondary N) is 2. The lowest BCUT2D eigenvalue weighted by Crippen LogP contribution is -2.51. The smallest absolute Gasteiger partial charge is 0.314 e. The van der Waals surface area contributed by atoms with Gasteiger partial charge in [-0.2, -0.15) is 0 Å². The summed E-state index contributed by atoms with van der Waals surface area (Å²) in [7, 11) is 0. The van der Waals surface area contributed by atoms with Gasteiger partial charge in [-0.25, -0.2) is 4.79 Å². The second kappa shape index (κ2) is 8.08. The van der Waals surface area contributed by atoms with Crippen LogP contribution in [-0.2, 0) is 0 Å². The molecule has 2 fully saturated rings. The fourth-order valence-electron chi connectivity index (χ4n) is 3.34. The van der Waals surface area contributed by atoms with Crippen molar-refractivity contribution in [3.8, 4) is 0 Å². The molecule has 2 atom stereocenters. The Morgan fingerprint density at radius 2 is 1.96 bits per heavy atom. The minimum atomic E-state index is -0.325. The van der Waals surface area contributed by atoms with Crippen LogP contribution in [0.1, 0.15) is 37.7 Å². The van der Waals surface area contributed by atoms with Crippen molar-refractivity contribution in [3.63, 3.8) is 0 Å². The van der Waals surface area contributed by atoms with E-state index in [4.69, 9.17) is 5.73 Å². The molecule has 1 aliphatic carbocycles. The number of aliphatic imine (C=N–C) groups is 1. The van der Waals surface area contributed by atoms with Crippen LogP contribution >= 0.6 is 15.9 Å². The predicted molar refractivity (Wildman–Crippen MR) is 104 cm³/mol. The zero-order chi connectivity index (χ0) is 17.8. The van der Waals surface area contributed by atoms with Crippen molar-refractivity contribution in [3.05, 3.63) is 34.3 Å². The molecule has 136 valence electrons. The summed E-state index contributed by atoms with van der Waals surface area (Å²) >= 11 is 3.48. The molecule has 1 saturated heterocycles. The lowest BCUT2D eigenvalue weighted by atomic mass is 10.1. The van der Waals surface area contributed by atoms with Gasteiger partial charge in [0.2, 0.25) is 0 Å². The monoisotopic (exact) mass is 407 g/mol. The van der Waals surface area contributed by atoms with Crippen LogP contribution in [0.2, 0.25) is 0 Å². The van der Waals surface area contributed by atoms with Crippen LogP contribution in [0.5, 0.6) is 0 Å². The van der Waals surface area contributed by atoms with Crippen molar-refractivity contribution in [2.24, 2.45) is 10.7 Å². The van der Waals surface area contributed by atoms with E-state index < -0.39 is 0 Å². The fourth-order valence-corrected chi connectivity index (χ4v) is 3.60. The first kappa shape index (κ1) is 18.0. The van der Waals surface area contributed by atoms with Crippen LogP contribution in [0, 0.1) is 0 Å². The van der Waals surface area contributed by atoms with Crippen molar-refractivity contribution in [2.75, 3.05) is 19.6 Å². The summed E-state index contributed by atoms with van der Waals surface area (Å²) in [5, 5.41) is 7.08. The Hall–Kier alpha value is -1.76. The highest BCUT2D eigenvalue weighted by molar-refractivity contribution is 9.10. The molecule has 0 bridgehead atoms. The number of hydrogen-bond acceptors (Lipinski definition) is 2. The minimum Gasteiger partial charge on any atom is -0.354 e. The second-order valence-corrected chi connectivity index (χ2v) is 7.63. The van der Waals surface area contributed by atoms with Crippen LogP contribution < -0.4 is 16.4 Å². The van der Waals surface area contributed by atoms with Gasteiger partial charge in [-0.05, 0) is 43.9 Å². The van der Waals surface area contributed by atoms with Gasteiger partial charge in [0.1, 0.15) is 0 Å². The summed E-state index contributed by atoms with van der Waals surface area (Å²) in [4.78, 5) is 17.5. The molecule has 0 spiro atoms. The molecule has 2 unspecified atom stereocenters. The maximum atomic E-state index is 11.2. The molecule has 1 heterocycles. The van der Waals surface area contributed by atoms with Gasteiger partial charge in [0.15, 0.2) is 5.96 Å². The zero-order valence-electron chi connectivity index (χ0n) is 14.5. The number of carbonyl (C=O) groups is 1. The van der Waals surface area contributed by atoms with E-state index in [1.165, 1.54) is 5.56 Å². The van der Waals surface area contributed by atoms with E-state index in [2.05, 4.69) is 55.8 Å². The van der Waals surface area contributed by atoms with Crippen LogP contribution in [0.25, 0.3) is 0 Å². The van der Waals surface area contributed by atoms with Gasteiger partial charge in [-0.15, -0.1) is 0 Å². The van der Waals surface area contributed by atoms with Crippen molar-refractivity contribution >= 4 is 27.9 Å². The third-order valence-electron chi connectivity index (χ3n) is 4.87. The number of nitrogens with two attached hydrogens (primary N) is 1. The van der Waals surface area contributed by atoms with Gasteiger partial charge >= 0.3 is 6.03 Å². The fraction of sp³-hybridized carbons (Fsp3) is 0.556. The third kappa shape index (κ3) is 4.87. The van der Waals surface area contributed by atoms with Gasteiger partial charge in [0, 0.05) is 42.1 Å². The first-order valence-electron chi connectivity index (χ1n) is 8.94. The summed E-state index contributed by atoms with van der Waals surface area (Å²) in [6, 6.07) is 8.99. The SMILES string of the molecule is CCN=C(NC1CCN(C(N)=O)CC1)NC1CC1c1ccc(Br)cc1. The maximum Gasteiger partial charge on any atom is 0.314 e. The van der Waals surface area contributed by atoms with Crippen LogP contribution in [-0.4, -0.2) is 48.6 Å². The normalized spacial score (nSPS) is 24.1. The van der Waals surface area contributed by atoms with E-state index in [1.807, 2.05) is 6.92 Å². The molecule has 2 amide bonds. The average Bonchev–Trinajstić information content (AvgIpc) is 3.35. The number of halogens is 1. The van der Waals surface area contributed by atoms with Gasteiger partial charge < -0.3 is 21.3 Å². The van der Waals surface area contributed by atoms with Crippen molar-refractivity contribution in [1.82, 2.24) is 15.5 Å². The van der Waals surface area contributed by atoms with E-state index in [0.717, 1.165) is 36.2 Å². The Kier molecular flexibility index (Phi) is 5.83. The third-order valence-corrected chi connectivity index (χ3v) is 5.40. The number of rotatable bonds is 4. The first-order valence-corrected chi connectivity index (χ1v) is 9.73. The van der Waals surface area contributed by atoms with E-state index in [0.29, 0.717) is 31.1 Å². The van der Waals surface area contributed by atoms with E-state index in [1.54, 1.807) is 4.90 Å². The van der Waals surface area contributed by atoms with Crippen LogP contribution in [0.4, 0.5) is 4.79 Å². The summed E-state index contributed by atoms with van der Waals surface area (Å²) < 4.78 is 1.11. The van der Waals surface area contributed by atoms with Crippen LogP contribution in [0.3, 0.4) is 0 Å². The van der Waals surface area contributed by atoms with E-state index in [-0.39, 0.29) is 6.03 Å². The van der Waals surface area contributed by atoms with E-state index >= 15 is 0 Å². The van der Waals surface area contributed by atoms with Crippen molar-refractivity contribution in [2.45, 2.75) is 44.2 Å². The molecular formula is C18H26BrN5O.